The molecule has 1 aromatic carbocycles. The highest BCUT2D eigenvalue weighted by atomic mass is 35.5. The Hall–Kier alpha value is -1.70. The van der Waals surface area contributed by atoms with Crippen LogP contribution in [-0.4, -0.2) is 34.2 Å². The summed E-state index contributed by atoms with van der Waals surface area (Å²) in [7, 11) is 0. The van der Waals surface area contributed by atoms with Gasteiger partial charge in [0.25, 0.3) is 5.91 Å². The third-order valence-corrected chi connectivity index (χ3v) is 4.30. The highest BCUT2D eigenvalue weighted by Crippen LogP contribution is 2.32. The van der Waals surface area contributed by atoms with Gasteiger partial charge in [-0.1, -0.05) is 23.2 Å². The number of rotatable bonds is 4. The quantitative estimate of drug-likeness (QED) is 0.823. The first-order valence-corrected chi connectivity index (χ1v) is 7.71. The molecule has 9 heteroatoms. The summed E-state index contributed by atoms with van der Waals surface area (Å²) in [6.45, 7) is 0.924. The summed E-state index contributed by atoms with van der Waals surface area (Å²) >= 11 is 11.6. The second-order valence-electron chi connectivity index (χ2n) is 5.17. The minimum absolute atomic E-state index is 0.0443. The van der Waals surface area contributed by atoms with Crippen LogP contribution >= 0.6 is 23.2 Å². The second kappa shape index (κ2) is 6.82. The van der Waals surface area contributed by atoms with Crippen LogP contribution in [0.4, 0.5) is 4.39 Å². The van der Waals surface area contributed by atoms with E-state index in [2.05, 4.69) is 20.5 Å². The molecule has 23 heavy (non-hydrogen) atoms. The molecule has 1 amide bonds. The molecule has 2 atom stereocenters. The predicted octanol–water partition coefficient (Wildman–Crippen LogP) is 2.76. The Labute approximate surface area is 141 Å². The highest BCUT2D eigenvalue weighted by molar-refractivity contribution is 6.36. The van der Waals surface area contributed by atoms with E-state index in [1.807, 2.05) is 0 Å². The van der Waals surface area contributed by atoms with Crippen molar-refractivity contribution in [1.29, 1.82) is 0 Å². The summed E-state index contributed by atoms with van der Waals surface area (Å²) in [5.74, 6) is -0.487. The molecule has 1 aromatic heterocycles. The van der Waals surface area contributed by atoms with Crippen molar-refractivity contribution in [3.05, 3.63) is 45.7 Å². The molecule has 2 aromatic rings. The van der Waals surface area contributed by atoms with Crippen LogP contribution in [0, 0.1) is 11.7 Å². The van der Waals surface area contributed by atoms with Gasteiger partial charge in [-0.05, 0) is 18.6 Å². The van der Waals surface area contributed by atoms with Gasteiger partial charge in [0.15, 0.2) is 5.82 Å². The summed E-state index contributed by atoms with van der Waals surface area (Å²) in [6, 6.07) is 2.24. The van der Waals surface area contributed by atoms with Crippen molar-refractivity contribution in [3.8, 4) is 0 Å². The third-order valence-electron chi connectivity index (χ3n) is 3.70. The third kappa shape index (κ3) is 3.46. The number of hydrogen-bond acceptors (Lipinski definition) is 4. The Morgan fingerprint density at radius 2 is 2.26 bits per heavy atom. The minimum Gasteiger partial charge on any atom is -0.370 e. The fraction of sp³-hybridized carbons (Fsp3) is 0.357. The molecule has 3 rings (SSSR count). The lowest BCUT2D eigenvalue weighted by molar-refractivity contribution is 0.0799. The molecule has 0 spiro atoms. The molecule has 1 aliphatic heterocycles. The number of amides is 1. The van der Waals surface area contributed by atoms with Gasteiger partial charge in [-0.25, -0.2) is 9.37 Å². The maximum Gasteiger partial charge on any atom is 0.252 e. The van der Waals surface area contributed by atoms with Crippen molar-refractivity contribution in [2.24, 2.45) is 5.92 Å². The van der Waals surface area contributed by atoms with Crippen molar-refractivity contribution in [2.45, 2.75) is 12.5 Å². The fourth-order valence-corrected chi connectivity index (χ4v) is 2.98. The molecular weight excluding hydrogens is 346 g/mol. The van der Waals surface area contributed by atoms with E-state index in [1.165, 1.54) is 12.4 Å². The number of aromatic nitrogens is 3. The van der Waals surface area contributed by atoms with Crippen molar-refractivity contribution < 1.29 is 13.9 Å². The predicted molar refractivity (Wildman–Crippen MR) is 81.9 cm³/mol. The van der Waals surface area contributed by atoms with Crippen molar-refractivity contribution in [2.75, 3.05) is 13.2 Å². The van der Waals surface area contributed by atoms with Crippen LogP contribution < -0.4 is 5.32 Å². The number of halogens is 3. The van der Waals surface area contributed by atoms with Gasteiger partial charge in [-0.3, -0.25) is 9.89 Å². The maximum absolute atomic E-state index is 13.5. The largest absolute Gasteiger partial charge is 0.370 e. The zero-order valence-electron chi connectivity index (χ0n) is 11.9. The van der Waals surface area contributed by atoms with Gasteiger partial charge in [-0.15, -0.1) is 0 Å². The van der Waals surface area contributed by atoms with Crippen molar-refractivity contribution in [1.82, 2.24) is 20.5 Å². The summed E-state index contributed by atoms with van der Waals surface area (Å²) < 4.78 is 19.1. The van der Waals surface area contributed by atoms with Crippen LogP contribution in [0.1, 0.15) is 28.7 Å². The van der Waals surface area contributed by atoms with Gasteiger partial charge in [-0.2, -0.15) is 5.10 Å². The number of benzene rings is 1. The van der Waals surface area contributed by atoms with E-state index in [0.29, 0.717) is 19.0 Å². The Balaban J connectivity index is 1.66. The van der Waals surface area contributed by atoms with E-state index in [0.717, 1.165) is 12.5 Å². The van der Waals surface area contributed by atoms with Crippen LogP contribution in [0.2, 0.25) is 10.0 Å². The Morgan fingerprint density at radius 1 is 1.43 bits per heavy atom. The van der Waals surface area contributed by atoms with Gasteiger partial charge in [0, 0.05) is 19.1 Å². The minimum atomic E-state index is -0.690. The summed E-state index contributed by atoms with van der Waals surface area (Å²) in [6.07, 6.45) is 1.92. The summed E-state index contributed by atoms with van der Waals surface area (Å²) in [5.41, 5.74) is 0.0451. The molecule has 0 bridgehead atoms. The normalized spacial score (nSPS) is 20.7. The number of carbonyl (C=O) groups is 1. The number of nitrogens with one attached hydrogen (secondary N) is 2. The standard InChI is InChI=1S/C14H13Cl2FN4O2/c15-9-4-10(16)11(17)3-8(9)14(22)18-5-7-1-2-23-12(7)13-19-6-20-21-13/h3-4,6-7,12H,1-2,5H2,(H,18,22)(H,19,20,21)/t7-,12-/m0/s1. The fourth-order valence-electron chi connectivity index (χ4n) is 2.51. The van der Waals surface area contributed by atoms with Gasteiger partial charge in [0.1, 0.15) is 18.2 Å². The lowest BCUT2D eigenvalue weighted by atomic mass is 10.0. The smallest absolute Gasteiger partial charge is 0.252 e. The molecule has 122 valence electrons. The molecular formula is C14H13Cl2FN4O2. The van der Waals surface area contributed by atoms with Crippen LogP contribution in [0.3, 0.4) is 0 Å². The van der Waals surface area contributed by atoms with Crippen LogP contribution in [0.5, 0.6) is 0 Å². The van der Waals surface area contributed by atoms with Crippen molar-refractivity contribution >= 4 is 29.1 Å². The molecule has 2 heterocycles. The number of H-pyrrole nitrogens is 1. The first-order chi connectivity index (χ1) is 11.1. The Morgan fingerprint density at radius 3 is 3.00 bits per heavy atom. The summed E-state index contributed by atoms with van der Waals surface area (Å²) in [4.78, 5) is 16.3. The maximum atomic E-state index is 13.5. The van der Waals surface area contributed by atoms with E-state index < -0.39 is 11.7 Å². The lowest BCUT2D eigenvalue weighted by Gasteiger charge is -2.17. The van der Waals surface area contributed by atoms with E-state index in [9.17, 15) is 9.18 Å². The zero-order chi connectivity index (χ0) is 16.4. The number of nitrogens with zero attached hydrogens (tertiary/aromatic N) is 2. The number of ether oxygens (including phenoxy) is 1. The lowest BCUT2D eigenvalue weighted by Crippen LogP contribution is -2.31. The van der Waals surface area contributed by atoms with E-state index in [4.69, 9.17) is 27.9 Å². The Bertz CT molecular complexity index is 711. The van der Waals surface area contributed by atoms with E-state index >= 15 is 0 Å². The number of hydrogen-bond donors (Lipinski definition) is 2. The van der Waals surface area contributed by atoms with Crippen LogP contribution in [0.15, 0.2) is 18.5 Å². The van der Waals surface area contributed by atoms with E-state index in [-0.39, 0.29) is 27.6 Å². The molecule has 0 unspecified atom stereocenters. The highest BCUT2D eigenvalue weighted by Gasteiger charge is 2.32. The van der Waals surface area contributed by atoms with Gasteiger partial charge in [0.05, 0.1) is 15.6 Å². The average molecular weight is 359 g/mol. The molecule has 0 radical (unpaired) electrons. The first-order valence-electron chi connectivity index (χ1n) is 6.96. The van der Waals surface area contributed by atoms with Crippen LogP contribution in [0.25, 0.3) is 0 Å². The van der Waals surface area contributed by atoms with E-state index in [1.54, 1.807) is 0 Å². The van der Waals surface area contributed by atoms with Crippen molar-refractivity contribution in [3.63, 3.8) is 0 Å². The Kier molecular flexibility index (Phi) is 4.79. The first kappa shape index (κ1) is 16.2. The molecule has 1 saturated heterocycles. The molecule has 1 fully saturated rings. The monoisotopic (exact) mass is 358 g/mol. The zero-order valence-corrected chi connectivity index (χ0v) is 13.4. The average Bonchev–Trinajstić information content (AvgIpc) is 3.18. The molecule has 1 aliphatic rings. The molecule has 0 saturated carbocycles. The second-order valence-corrected chi connectivity index (χ2v) is 5.98. The SMILES string of the molecule is O=C(NC[C@@H]1CCO[C@@H]1c1ncn[nH]1)c1cc(F)c(Cl)cc1Cl. The topological polar surface area (TPSA) is 79.9 Å². The van der Waals surface area contributed by atoms with Gasteiger partial charge >= 0.3 is 0 Å². The van der Waals surface area contributed by atoms with Gasteiger partial charge in [0.2, 0.25) is 0 Å². The molecule has 0 aliphatic carbocycles. The number of carbonyl (C=O) groups excluding carboxylic acids is 1. The number of aromatic amines is 1. The molecule has 6 nitrogen and oxygen atoms in total. The summed E-state index contributed by atoms with van der Waals surface area (Å²) in [5, 5.41) is 9.29. The van der Waals surface area contributed by atoms with Crippen LogP contribution in [-0.2, 0) is 4.74 Å². The van der Waals surface area contributed by atoms with Gasteiger partial charge < -0.3 is 10.1 Å². The molecule has 2 N–H and O–H groups in total.